The third kappa shape index (κ3) is 9.77. The van der Waals surface area contributed by atoms with Gasteiger partial charge in [0.2, 0.25) is 11.9 Å². The van der Waals surface area contributed by atoms with Crippen LogP contribution in [-0.2, 0) is 7.05 Å². The maximum absolute atomic E-state index is 14.3. The summed E-state index contributed by atoms with van der Waals surface area (Å²) >= 11 is 0. The first-order chi connectivity index (χ1) is 22.6. The first-order valence-electron chi connectivity index (χ1n) is 18.0. The van der Waals surface area contributed by atoms with Crippen LogP contribution in [0.15, 0.2) is 53.4 Å². The zero-order chi connectivity index (χ0) is 34.0. The van der Waals surface area contributed by atoms with Gasteiger partial charge >= 0.3 is 0 Å². The molecule has 2 saturated heterocycles. The van der Waals surface area contributed by atoms with Crippen molar-refractivity contribution in [2.75, 3.05) is 26.4 Å². The minimum absolute atomic E-state index is 0.0361. The molecule has 2 aliphatic heterocycles. The van der Waals surface area contributed by atoms with E-state index in [1.165, 1.54) is 19.3 Å². The van der Waals surface area contributed by atoms with Gasteiger partial charge in [-0.3, -0.25) is 9.89 Å². The van der Waals surface area contributed by atoms with Crippen molar-refractivity contribution in [2.24, 2.45) is 40.5 Å². The number of imidazole rings is 1. The average molecular weight is 655 g/mol. The summed E-state index contributed by atoms with van der Waals surface area (Å²) in [6.07, 6.45) is 19.9. The van der Waals surface area contributed by atoms with E-state index in [9.17, 15) is 8.78 Å². The van der Waals surface area contributed by atoms with Crippen LogP contribution >= 0.6 is 0 Å². The number of hydrogen-bond acceptors (Lipinski definition) is 6. The van der Waals surface area contributed by atoms with Crippen LogP contribution in [-0.4, -0.2) is 69.3 Å². The lowest BCUT2D eigenvalue weighted by molar-refractivity contribution is -0.0513. The highest BCUT2D eigenvalue weighted by Crippen LogP contribution is 2.39. The molecule has 0 amide bonds. The van der Waals surface area contributed by atoms with Crippen LogP contribution in [0.25, 0.3) is 0 Å². The van der Waals surface area contributed by atoms with Crippen molar-refractivity contribution in [3.63, 3.8) is 0 Å². The molecule has 1 aromatic heterocycles. The molecule has 1 saturated carbocycles. The number of aryl methyl sites for hydroxylation is 1. The summed E-state index contributed by atoms with van der Waals surface area (Å²) in [5, 5.41) is 3.18. The summed E-state index contributed by atoms with van der Waals surface area (Å²) in [6.45, 7) is 16.0. The van der Waals surface area contributed by atoms with Crippen molar-refractivity contribution in [3.8, 4) is 0 Å². The highest BCUT2D eigenvalue weighted by Gasteiger charge is 2.39. The average Bonchev–Trinajstić information content (AvgIpc) is 3.37. The van der Waals surface area contributed by atoms with E-state index in [1.54, 1.807) is 6.20 Å². The number of nitrogens with zero attached hydrogens (tertiary/aromatic N) is 6. The van der Waals surface area contributed by atoms with Crippen LogP contribution in [0.5, 0.6) is 0 Å². The van der Waals surface area contributed by atoms with Crippen LogP contribution in [0.4, 0.5) is 14.7 Å². The molecule has 4 unspecified atom stereocenters. The van der Waals surface area contributed by atoms with Crippen molar-refractivity contribution < 1.29 is 8.78 Å². The van der Waals surface area contributed by atoms with Crippen LogP contribution < -0.4 is 11.1 Å². The summed E-state index contributed by atoms with van der Waals surface area (Å²) in [7, 11) is 2.01. The number of alkyl halides is 2. The van der Waals surface area contributed by atoms with Gasteiger partial charge in [-0.25, -0.2) is 13.8 Å². The van der Waals surface area contributed by atoms with E-state index in [-0.39, 0.29) is 18.4 Å². The van der Waals surface area contributed by atoms with Crippen molar-refractivity contribution in [2.45, 2.75) is 116 Å². The lowest BCUT2D eigenvalue weighted by Gasteiger charge is -2.48. The number of nitrogens with one attached hydrogen (secondary N) is 1. The number of halogens is 2. The number of allylic oxidation sites excluding steroid dienone is 3. The number of aromatic nitrogens is 2. The largest absolute Gasteiger partial charge is 0.405 e. The van der Waals surface area contributed by atoms with Gasteiger partial charge in [-0.05, 0) is 82.9 Å². The van der Waals surface area contributed by atoms with Crippen LogP contribution in [0.1, 0.15) is 109 Å². The summed E-state index contributed by atoms with van der Waals surface area (Å²) in [5.41, 5.74) is 8.73. The number of piperidine rings is 1. The molecular formula is C37H60F2N8. The number of amidine groups is 1. The lowest BCUT2D eigenvalue weighted by Crippen LogP contribution is -2.60. The molecule has 0 spiro atoms. The SMILES string of the molecule is C=CCCC(CCC)N1CN(/C(CCC2CC(C(C)(F)F)CNC2=C)=N/c2nc(C(C(/C=C\N)=NCC)C3CCCCC3)cn2C)C1. The first kappa shape index (κ1) is 36.8. The molecule has 1 aromatic rings. The maximum Gasteiger partial charge on any atom is 0.249 e. The van der Waals surface area contributed by atoms with Gasteiger partial charge in [0.1, 0.15) is 5.84 Å². The molecule has 3 heterocycles. The topological polar surface area (TPSA) is 87.1 Å². The van der Waals surface area contributed by atoms with E-state index in [2.05, 4.69) is 48.3 Å². The molecule has 0 radical (unpaired) electrons. The standard InChI is InChI=1S/C37H60F2N8/c1-7-10-17-31(14-8-2)46-25-47(26-46)34(19-18-29-22-30(37(5,38)39)23-42-27(29)4)44-36-43-33(24-45(36)6)35(28-15-12-11-13-16-28)32(20-21-40)41-9-3/h7,20-21,24,28-31,35,42H,1,4,8-19,22-23,25-26,40H2,2-3,5-6H3/b21-20-,41-32?,44-34+. The predicted molar refractivity (Wildman–Crippen MR) is 191 cm³/mol. The quantitative estimate of drug-likeness (QED) is 0.108. The van der Waals surface area contributed by atoms with Crippen molar-refractivity contribution >= 4 is 17.5 Å². The van der Waals surface area contributed by atoms with E-state index in [0.29, 0.717) is 43.7 Å². The summed E-state index contributed by atoms with van der Waals surface area (Å²) < 4.78 is 30.7. The Morgan fingerprint density at radius 2 is 1.96 bits per heavy atom. The zero-order valence-corrected chi connectivity index (χ0v) is 29.4. The monoisotopic (exact) mass is 654 g/mol. The molecule has 0 bridgehead atoms. The van der Waals surface area contributed by atoms with E-state index < -0.39 is 11.8 Å². The zero-order valence-electron chi connectivity index (χ0n) is 29.4. The fourth-order valence-electron chi connectivity index (χ4n) is 7.66. The van der Waals surface area contributed by atoms with Crippen LogP contribution in [0.2, 0.25) is 0 Å². The van der Waals surface area contributed by atoms with Gasteiger partial charge < -0.3 is 20.5 Å². The Hall–Kier alpha value is -3.01. The molecule has 3 N–H and O–H groups in total. The number of hydrogen-bond donors (Lipinski definition) is 2. The van der Waals surface area contributed by atoms with Gasteiger partial charge in [-0.2, -0.15) is 4.99 Å². The Labute approximate surface area is 282 Å². The molecule has 3 aliphatic rings. The normalized spacial score (nSPS) is 23.5. The molecule has 1 aliphatic carbocycles. The number of aliphatic imine (C=N–C) groups is 2. The molecule has 3 fully saturated rings. The molecule has 0 aromatic carbocycles. The maximum atomic E-state index is 14.3. The Balaban J connectivity index is 1.62. The highest BCUT2D eigenvalue weighted by molar-refractivity contribution is 6.00. The van der Waals surface area contributed by atoms with E-state index in [4.69, 9.17) is 20.7 Å². The molecule has 4 rings (SSSR count). The molecule has 4 atom stereocenters. The van der Waals surface area contributed by atoms with Crippen molar-refractivity contribution in [3.05, 3.63) is 49.1 Å². The fraction of sp³-hybridized carbons (Fsp3) is 0.703. The third-order valence-electron chi connectivity index (χ3n) is 10.4. The van der Waals surface area contributed by atoms with Gasteiger partial charge in [-0.15, -0.1) is 6.58 Å². The Morgan fingerprint density at radius 3 is 2.60 bits per heavy atom. The molecular weight excluding hydrogens is 594 g/mol. The highest BCUT2D eigenvalue weighted by atomic mass is 19.3. The molecule has 47 heavy (non-hydrogen) atoms. The lowest BCUT2D eigenvalue weighted by atomic mass is 9.76. The summed E-state index contributed by atoms with van der Waals surface area (Å²) in [5.74, 6) is -1.32. The second kappa shape index (κ2) is 17.4. The Bertz CT molecular complexity index is 1250. The first-order valence-corrected chi connectivity index (χ1v) is 18.0. The van der Waals surface area contributed by atoms with Gasteiger partial charge in [0.15, 0.2) is 0 Å². The van der Waals surface area contributed by atoms with Gasteiger partial charge in [0.05, 0.1) is 19.0 Å². The Morgan fingerprint density at radius 1 is 1.21 bits per heavy atom. The van der Waals surface area contributed by atoms with E-state index >= 15 is 0 Å². The second-order valence-corrected chi connectivity index (χ2v) is 14.0. The smallest absolute Gasteiger partial charge is 0.249 e. The summed E-state index contributed by atoms with van der Waals surface area (Å²) in [6, 6.07) is 0.508. The van der Waals surface area contributed by atoms with Crippen LogP contribution in [0, 0.1) is 17.8 Å². The fourth-order valence-corrected chi connectivity index (χ4v) is 7.66. The molecule has 10 heteroatoms. The van der Waals surface area contributed by atoms with Gasteiger partial charge in [-0.1, -0.05) is 45.3 Å². The number of rotatable bonds is 16. The molecule has 8 nitrogen and oxygen atoms in total. The second-order valence-electron chi connectivity index (χ2n) is 14.0. The summed E-state index contributed by atoms with van der Waals surface area (Å²) in [4.78, 5) is 20.1. The molecule has 262 valence electrons. The van der Waals surface area contributed by atoms with E-state index in [0.717, 1.165) is 81.7 Å². The van der Waals surface area contributed by atoms with E-state index in [1.807, 2.05) is 23.8 Å². The Kier molecular flexibility index (Phi) is 13.6. The van der Waals surface area contributed by atoms with Gasteiger partial charge in [0, 0.05) is 62.0 Å². The predicted octanol–water partition coefficient (Wildman–Crippen LogP) is 7.89. The van der Waals surface area contributed by atoms with Crippen molar-refractivity contribution in [1.82, 2.24) is 24.7 Å². The minimum atomic E-state index is -2.72. The van der Waals surface area contributed by atoms with Crippen LogP contribution in [0.3, 0.4) is 0 Å². The number of nitrogens with two attached hydrogens (primary N) is 1. The minimum Gasteiger partial charge on any atom is -0.405 e. The van der Waals surface area contributed by atoms with Gasteiger partial charge in [0.25, 0.3) is 0 Å². The third-order valence-corrected chi connectivity index (χ3v) is 10.4. The van der Waals surface area contributed by atoms with Crippen molar-refractivity contribution in [1.29, 1.82) is 0 Å².